The number of rotatable bonds is 8. The van der Waals surface area contributed by atoms with E-state index in [1.165, 1.54) is 43.1 Å². The molecule has 278 valence electrons. The van der Waals surface area contributed by atoms with Crippen LogP contribution in [0.15, 0.2) is 229 Å². The van der Waals surface area contributed by atoms with Crippen LogP contribution in [-0.2, 0) is 0 Å². The Hall–Kier alpha value is -7.53. The maximum absolute atomic E-state index is 6.66. The van der Waals surface area contributed by atoms with Crippen molar-refractivity contribution in [2.75, 3.05) is 4.90 Å². The summed E-state index contributed by atoms with van der Waals surface area (Å²) in [5.41, 5.74) is 8.39. The van der Waals surface area contributed by atoms with Crippen LogP contribution in [0.1, 0.15) is 0 Å². The molecule has 0 aliphatic carbocycles. The van der Waals surface area contributed by atoms with Crippen molar-refractivity contribution in [2.45, 2.75) is 0 Å². The highest BCUT2D eigenvalue weighted by atomic mass is 28.3. The van der Waals surface area contributed by atoms with Crippen LogP contribution in [-0.4, -0.2) is 13.8 Å². The fourth-order valence-corrected chi connectivity index (χ4v) is 11.9. The second-order valence-electron chi connectivity index (χ2n) is 15.1. The van der Waals surface area contributed by atoms with Gasteiger partial charge in [-0.25, -0.2) is 4.98 Å². The molecule has 0 aliphatic heterocycles. The van der Waals surface area contributed by atoms with Crippen LogP contribution in [0.25, 0.3) is 66.0 Å². The van der Waals surface area contributed by atoms with Crippen molar-refractivity contribution in [3.05, 3.63) is 224 Å². The second-order valence-corrected chi connectivity index (χ2v) is 18.0. The van der Waals surface area contributed by atoms with Crippen molar-refractivity contribution in [2.24, 2.45) is 0 Å². The summed E-state index contributed by atoms with van der Waals surface area (Å²) in [5.74, 6) is 0.626. The number of para-hydroxylation sites is 1. The smallest absolute Gasteiger partial charge is 0.227 e. The zero-order valence-corrected chi connectivity index (χ0v) is 33.4. The molecule has 4 heteroatoms. The number of hydrogen-bond donors (Lipinski definition) is 0. The van der Waals surface area contributed by atoms with Gasteiger partial charge in [-0.2, -0.15) is 0 Å². The number of hydrogen-bond acceptors (Lipinski definition) is 3. The van der Waals surface area contributed by atoms with Gasteiger partial charge in [0.25, 0.3) is 0 Å². The van der Waals surface area contributed by atoms with Gasteiger partial charge in [0.2, 0.25) is 5.89 Å². The van der Waals surface area contributed by atoms with Gasteiger partial charge in [-0.3, -0.25) is 0 Å². The molecule has 3 nitrogen and oxygen atoms in total. The summed E-state index contributed by atoms with van der Waals surface area (Å²) in [7, 11) is -1.96. The third-order valence-corrected chi connectivity index (χ3v) is 14.8. The van der Waals surface area contributed by atoms with Gasteiger partial charge < -0.3 is 9.32 Å². The van der Waals surface area contributed by atoms with E-state index in [-0.39, 0.29) is 0 Å². The minimum Gasteiger partial charge on any atom is -0.435 e. The van der Waals surface area contributed by atoms with Crippen LogP contribution in [0.3, 0.4) is 0 Å². The van der Waals surface area contributed by atoms with E-state index in [9.17, 15) is 0 Å². The first-order valence-electron chi connectivity index (χ1n) is 20.1. The minimum absolute atomic E-state index is 0.626. The number of oxazole rings is 1. The molecule has 0 spiro atoms. The zero-order chi connectivity index (χ0) is 39.1. The van der Waals surface area contributed by atoms with Crippen LogP contribution < -0.4 is 20.5 Å². The Morgan fingerprint density at radius 1 is 0.407 bits per heavy atom. The fourth-order valence-electron chi connectivity index (χ4n) is 8.74. The van der Waals surface area contributed by atoms with Gasteiger partial charge in [0.15, 0.2) is 5.58 Å². The number of fused-ring (bicyclic) bond motifs is 6. The first-order chi connectivity index (χ1) is 29.2. The maximum atomic E-state index is 6.66. The molecule has 0 saturated heterocycles. The molecule has 0 saturated carbocycles. The molecular weight excluding hydrogens is 733 g/mol. The van der Waals surface area contributed by atoms with Crippen molar-refractivity contribution < 1.29 is 4.42 Å². The van der Waals surface area contributed by atoms with Gasteiger partial charge in [0.1, 0.15) is 14.3 Å². The van der Waals surface area contributed by atoms with Gasteiger partial charge in [-0.1, -0.05) is 180 Å². The van der Waals surface area contributed by atoms with E-state index >= 15 is 0 Å². The molecule has 11 aromatic rings. The Balaban J connectivity index is 1.15. The van der Waals surface area contributed by atoms with E-state index in [0.717, 1.165) is 49.6 Å². The van der Waals surface area contributed by atoms with E-state index in [1.54, 1.807) is 0 Å². The van der Waals surface area contributed by atoms with E-state index in [0.29, 0.717) is 5.89 Å². The van der Waals surface area contributed by atoms with E-state index < -0.39 is 8.80 Å². The Labute approximate surface area is 344 Å². The quantitative estimate of drug-likeness (QED) is 0.0875. The SMILES string of the molecule is c1ccc(-c2ccc3cc(N(c4ccc5ccc6ccc7nc(-c8ccccc8)oc7c6c5c4)c4ccccc4[SiH](c4ccccc4)c4ccccc4)ccc3c2)cc1. The summed E-state index contributed by atoms with van der Waals surface area (Å²) in [6.45, 7) is 0. The molecule has 0 unspecified atom stereocenters. The van der Waals surface area contributed by atoms with Crippen LogP contribution >= 0.6 is 0 Å². The molecule has 1 aromatic heterocycles. The Morgan fingerprint density at radius 3 is 1.68 bits per heavy atom. The average Bonchev–Trinajstić information content (AvgIpc) is 3.76. The van der Waals surface area contributed by atoms with Crippen molar-refractivity contribution in [3.63, 3.8) is 0 Å². The minimum atomic E-state index is -1.96. The molecule has 11 rings (SSSR count). The maximum Gasteiger partial charge on any atom is 0.227 e. The van der Waals surface area contributed by atoms with Gasteiger partial charge in [0, 0.05) is 28.0 Å². The molecular formula is C55H38N2OSi. The Bertz CT molecular complexity index is 3230. The Morgan fingerprint density at radius 2 is 0.949 bits per heavy atom. The molecule has 0 aliphatic rings. The van der Waals surface area contributed by atoms with Crippen molar-refractivity contribution in [1.29, 1.82) is 0 Å². The lowest BCUT2D eigenvalue weighted by molar-refractivity contribution is 0.623. The predicted octanol–water partition coefficient (Wildman–Crippen LogP) is 12.3. The highest BCUT2D eigenvalue weighted by Crippen LogP contribution is 2.41. The third-order valence-electron chi connectivity index (χ3n) is 11.6. The van der Waals surface area contributed by atoms with E-state index in [1.807, 2.05) is 30.3 Å². The van der Waals surface area contributed by atoms with Gasteiger partial charge in [-0.05, 0) is 97.8 Å². The van der Waals surface area contributed by atoms with Crippen LogP contribution in [0.4, 0.5) is 17.1 Å². The topological polar surface area (TPSA) is 29.3 Å². The van der Waals surface area contributed by atoms with Gasteiger partial charge in [0.05, 0.1) is 0 Å². The zero-order valence-electron chi connectivity index (χ0n) is 32.2. The number of nitrogens with zero attached hydrogens (tertiary/aromatic N) is 2. The monoisotopic (exact) mass is 770 g/mol. The second kappa shape index (κ2) is 14.8. The van der Waals surface area contributed by atoms with E-state index in [2.05, 4.69) is 199 Å². The highest BCUT2D eigenvalue weighted by molar-refractivity contribution is 6.96. The number of benzene rings is 10. The number of aromatic nitrogens is 1. The third kappa shape index (κ3) is 6.37. The van der Waals surface area contributed by atoms with Crippen molar-refractivity contribution >= 4 is 84.8 Å². The first kappa shape index (κ1) is 34.7. The summed E-state index contributed by atoms with van der Waals surface area (Å²) in [4.78, 5) is 7.44. The molecule has 0 bridgehead atoms. The average molecular weight is 771 g/mol. The molecule has 0 fully saturated rings. The lowest BCUT2D eigenvalue weighted by atomic mass is 9.99. The van der Waals surface area contributed by atoms with Gasteiger partial charge >= 0.3 is 0 Å². The summed E-state index contributed by atoms with van der Waals surface area (Å²) < 4.78 is 6.66. The largest absolute Gasteiger partial charge is 0.435 e. The summed E-state index contributed by atoms with van der Waals surface area (Å²) in [6.07, 6.45) is 0. The summed E-state index contributed by atoms with van der Waals surface area (Å²) in [6, 6.07) is 81.2. The molecule has 0 atom stereocenters. The normalized spacial score (nSPS) is 11.5. The number of anilines is 3. The molecule has 10 aromatic carbocycles. The fraction of sp³-hybridized carbons (Fsp3) is 0. The lowest BCUT2D eigenvalue weighted by Gasteiger charge is -2.31. The van der Waals surface area contributed by atoms with Crippen LogP contribution in [0, 0.1) is 0 Å². The van der Waals surface area contributed by atoms with Crippen LogP contribution in [0.5, 0.6) is 0 Å². The molecule has 0 amide bonds. The molecule has 0 N–H and O–H groups in total. The van der Waals surface area contributed by atoms with E-state index in [4.69, 9.17) is 9.40 Å². The molecule has 1 heterocycles. The predicted molar refractivity (Wildman–Crippen MR) is 251 cm³/mol. The highest BCUT2D eigenvalue weighted by Gasteiger charge is 2.26. The summed E-state index contributed by atoms with van der Waals surface area (Å²) >= 11 is 0. The van der Waals surface area contributed by atoms with Gasteiger partial charge in [-0.15, -0.1) is 0 Å². The lowest BCUT2D eigenvalue weighted by Crippen LogP contribution is -2.53. The van der Waals surface area contributed by atoms with Crippen LogP contribution in [0.2, 0.25) is 0 Å². The Kier molecular flexibility index (Phi) is 8.68. The molecule has 59 heavy (non-hydrogen) atoms. The van der Waals surface area contributed by atoms with Crippen molar-refractivity contribution in [1.82, 2.24) is 4.98 Å². The first-order valence-corrected chi connectivity index (χ1v) is 21.9. The standard InChI is InChI=1S/C55H38N2OSi/c1-5-15-38(16-6-1)42-27-28-44-36-45(33-30-43(44)35-42)57(51-23-13-14-24-52(51)59(47-19-9-3-10-20-47)48-21-11-4-12-22-48)46-32-29-39-25-26-40-31-34-50-54(53(40)49(39)37-46)58-55(56-50)41-17-7-2-8-18-41/h1-37,59H. The van der Waals surface area contributed by atoms with Crippen molar-refractivity contribution in [3.8, 4) is 22.6 Å². The molecule has 0 radical (unpaired) electrons. The summed E-state index contributed by atoms with van der Waals surface area (Å²) in [5, 5.41) is 11.0.